The fourth-order valence-corrected chi connectivity index (χ4v) is 6.40. The Labute approximate surface area is 245 Å². The summed E-state index contributed by atoms with van der Waals surface area (Å²) in [5.41, 5.74) is -2.30. The predicted octanol–water partition coefficient (Wildman–Crippen LogP) is 0.261. The van der Waals surface area contributed by atoms with Crippen LogP contribution in [0.2, 0.25) is 0 Å². The summed E-state index contributed by atoms with van der Waals surface area (Å²) < 4.78 is 42.9. The molecule has 2 aromatic rings. The van der Waals surface area contributed by atoms with Crippen molar-refractivity contribution in [2.24, 2.45) is 0 Å². The summed E-state index contributed by atoms with van der Waals surface area (Å²) in [7, 11) is -6.68. The largest absolute Gasteiger partial charge is 0.472 e. The minimum Gasteiger partial charge on any atom is -0.390 e. The van der Waals surface area contributed by atoms with E-state index in [1.807, 2.05) is 6.92 Å². The molecule has 2 fully saturated rings. The van der Waals surface area contributed by atoms with Gasteiger partial charge in [0.05, 0.1) is 19.3 Å². The van der Waals surface area contributed by atoms with E-state index in [1.165, 1.54) is 26.2 Å². The number of aliphatic hydroxyl groups excluding tert-OH is 1. The summed E-state index contributed by atoms with van der Waals surface area (Å²) in [4.78, 5) is 73.3. The van der Waals surface area contributed by atoms with E-state index >= 15 is 0 Å². The molecule has 0 saturated carbocycles. The number of rotatable bonds is 12. The number of aromatic nitrogens is 4. The van der Waals surface area contributed by atoms with E-state index < -0.39 is 82.2 Å². The highest BCUT2D eigenvalue weighted by Crippen LogP contribution is 2.49. The lowest BCUT2D eigenvalue weighted by atomic mass is 10.2. The Hall–Kier alpha value is -2.30. The van der Waals surface area contributed by atoms with Crippen LogP contribution in [-0.2, 0) is 27.6 Å². The second-order valence-corrected chi connectivity index (χ2v) is 13.7. The molecule has 2 aromatic heterocycles. The highest BCUT2D eigenvalue weighted by molar-refractivity contribution is 7.47. The third-order valence-corrected chi connectivity index (χ3v) is 9.85. The van der Waals surface area contributed by atoms with Crippen LogP contribution in [0.5, 0.6) is 0 Å². The Morgan fingerprint density at radius 3 is 2.09 bits per heavy atom. The lowest BCUT2D eigenvalue weighted by Gasteiger charge is -2.24. The Bertz CT molecular complexity index is 1570. The van der Waals surface area contributed by atoms with Crippen LogP contribution in [0.15, 0.2) is 31.6 Å². The summed E-state index contributed by atoms with van der Waals surface area (Å²) in [5, 5.41) is 10.5. The molecule has 2 aliphatic rings. The second-order valence-electron chi connectivity index (χ2n) is 10.5. The van der Waals surface area contributed by atoms with Crippen LogP contribution in [0.4, 0.5) is 0 Å². The number of aryl methyl sites for hydroxylation is 2. The molecule has 17 nitrogen and oxygen atoms in total. The highest BCUT2D eigenvalue weighted by atomic mass is 31.2. The standard InChI is InChI=1S/C24H36N4O13P2/c1-5-14(4)42(34)37-10-18-16(7-20(40-18)28-9-13(3)22(31)26-24(28)33)41-43(35,36)38-11-17-15(29)6-19(39-17)27-8-12(2)21(30)25-23(27)32/h8-9,14-20,29,34H,5-7,10-11H2,1-4H3,(H,35,36)(H,25,30,32)(H,26,31,33)/t14?,15-,16-,17?,18?,19?,20?,42?/m1/s1. The van der Waals surface area contributed by atoms with Gasteiger partial charge in [-0.05, 0) is 20.3 Å². The van der Waals surface area contributed by atoms with Crippen molar-refractivity contribution in [2.45, 2.75) is 89.5 Å². The molecule has 5 N–H and O–H groups in total. The minimum absolute atomic E-state index is 0.0543. The molecule has 4 heterocycles. The van der Waals surface area contributed by atoms with E-state index in [2.05, 4.69) is 9.97 Å². The molecule has 9 atom stereocenters. The molecule has 0 radical (unpaired) electrons. The van der Waals surface area contributed by atoms with Crippen LogP contribution in [-0.4, -0.2) is 77.3 Å². The molecule has 0 aromatic carbocycles. The van der Waals surface area contributed by atoms with Crippen molar-refractivity contribution >= 4 is 16.2 Å². The molecular weight excluding hydrogens is 614 g/mol. The Morgan fingerprint density at radius 2 is 1.53 bits per heavy atom. The normalized spacial score (nSPS) is 28.5. The van der Waals surface area contributed by atoms with Gasteiger partial charge in [-0.15, -0.1) is 0 Å². The van der Waals surface area contributed by atoms with Crippen molar-refractivity contribution in [1.29, 1.82) is 0 Å². The summed E-state index contributed by atoms with van der Waals surface area (Å²) in [5.74, 6) is 0. The summed E-state index contributed by atoms with van der Waals surface area (Å²) >= 11 is 0. The van der Waals surface area contributed by atoms with Crippen LogP contribution >= 0.6 is 16.2 Å². The first-order valence-corrected chi connectivity index (χ1v) is 16.4. The summed E-state index contributed by atoms with van der Waals surface area (Å²) in [6, 6.07) is 0. The fourth-order valence-electron chi connectivity index (χ4n) is 4.57. The van der Waals surface area contributed by atoms with Gasteiger partial charge in [0.15, 0.2) is 8.38 Å². The zero-order chi connectivity index (χ0) is 31.6. The van der Waals surface area contributed by atoms with Gasteiger partial charge in [0.25, 0.3) is 11.1 Å². The van der Waals surface area contributed by atoms with Crippen molar-refractivity contribution < 1.29 is 42.5 Å². The maximum Gasteiger partial charge on any atom is 0.472 e. The molecule has 7 unspecified atom stereocenters. The molecule has 0 amide bonds. The average molecular weight is 651 g/mol. The van der Waals surface area contributed by atoms with Gasteiger partial charge in [0.2, 0.25) is 0 Å². The highest BCUT2D eigenvalue weighted by Gasteiger charge is 2.44. The number of nitrogens with one attached hydrogen (secondary N) is 2. The Balaban J connectivity index is 1.44. The number of H-pyrrole nitrogens is 2. The van der Waals surface area contributed by atoms with E-state index in [0.717, 1.165) is 9.13 Å². The molecule has 43 heavy (non-hydrogen) atoms. The van der Waals surface area contributed by atoms with E-state index in [4.69, 9.17) is 23.0 Å². The van der Waals surface area contributed by atoms with Crippen LogP contribution in [0, 0.1) is 13.8 Å². The number of nitrogens with zero attached hydrogens (tertiary/aromatic N) is 2. The lowest BCUT2D eigenvalue weighted by molar-refractivity contribution is -0.0556. The van der Waals surface area contributed by atoms with E-state index in [0.29, 0.717) is 6.42 Å². The van der Waals surface area contributed by atoms with Gasteiger partial charge in [0.1, 0.15) is 30.8 Å². The molecule has 19 heteroatoms. The number of aromatic amines is 2. The van der Waals surface area contributed by atoms with Crippen molar-refractivity contribution in [3.63, 3.8) is 0 Å². The van der Waals surface area contributed by atoms with Crippen molar-refractivity contribution in [1.82, 2.24) is 19.1 Å². The van der Waals surface area contributed by atoms with Gasteiger partial charge in [-0.3, -0.25) is 37.7 Å². The molecular formula is C24H36N4O13P2. The molecule has 0 bridgehead atoms. The maximum absolute atomic E-state index is 13.0. The number of phosphoric acid groups is 1. The van der Waals surface area contributed by atoms with Gasteiger partial charge in [-0.2, -0.15) is 0 Å². The number of hydrogen-bond donors (Lipinski definition) is 5. The second kappa shape index (κ2) is 13.8. The first-order valence-electron chi connectivity index (χ1n) is 13.6. The molecule has 2 aliphatic heterocycles. The minimum atomic E-state index is -4.84. The van der Waals surface area contributed by atoms with Gasteiger partial charge in [0, 0.05) is 42.0 Å². The molecule has 4 rings (SSSR count). The predicted molar refractivity (Wildman–Crippen MR) is 151 cm³/mol. The Morgan fingerprint density at radius 1 is 1.00 bits per heavy atom. The van der Waals surface area contributed by atoms with Gasteiger partial charge < -0.3 is 28.9 Å². The number of hydrogen-bond acceptors (Lipinski definition) is 12. The zero-order valence-corrected chi connectivity index (χ0v) is 25.7. The van der Waals surface area contributed by atoms with Gasteiger partial charge in [-0.1, -0.05) is 13.8 Å². The monoisotopic (exact) mass is 650 g/mol. The Kier molecular flexibility index (Phi) is 10.8. The van der Waals surface area contributed by atoms with Crippen LogP contribution in [0.3, 0.4) is 0 Å². The number of phosphoric ester groups is 1. The lowest BCUT2D eigenvalue weighted by Crippen LogP contribution is -2.33. The van der Waals surface area contributed by atoms with Crippen LogP contribution in [0.25, 0.3) is 0 Å². The average Bonchev–Trinajstić information content (AvgIpc) is 3.51. The van der Waals surface area contributed by atoms with Crippen LogP contribution in [0.1, 0.15) is 56.7 Å². The van der Waals surface area contributed by atoms with Gasteiger partial charge in [-0.25, -0.2) is 14.2 Å². The van der Waals surface area contributed by atoms with Crippen molar-refractivity contribution in [3.05, 3.63) is 65.2 Å². The molecule has 240 valence electrons. The third-order valence-electron chi connectivity index (χ3n) is 7.31. The fraction of sp³-hybridized carbons (Fsp3) is 0.667. The van der Waals surface area contributed by atoms with E-state index in [9.17, 15) is 38.6 Å². The van der Waals surface area contributed by atoms with Crippen LogP contribution < -0.4 is 22.5 Å². The molecule has 2 saturated heterocycles. The smallest absolute Gasteiger partial charge is 0.390 e. The molecule has 0 aliphatic carbocycles. The first kappa shape index (κ1) is 33.6. The van der Waals surface area contributed by atoms with Crippen molar-refractivity contribution in [3.8, 4) is 0 Å². The van der Waals surface area contributed by atoms with Gasteiger partial charge >= 0.3 is 19.2 Å². The SMILES string of the molecule is CCC(C)P(O)OCC1OC(n2cc(C)c(=O)[nH]c2=O)C[C@H]1OP(=O)(O)OCC1OC(n2cc(C)c(=O)[nH]c2=O)C[C@H]1O. The van der Waals surface area contributed by atoms with E-state index in [1.54, 1.807) is 6.92 Å². The number of aliphatic hydroxyl groups is 1. The van der Waals surface area contributed by atoms with E-state index in [-0.39, 0.29) is 36.2 Å². The van der Waals surface area contributed by atoms with Crippen molar-refractivity contribution in [2.75, 3.05) is 13.2 Å². The zero-order valence-electron chi connectivity index (χ0n) is 23.9. The number of ether oxygens (including phenoxy) is 2. The topological polar surface area (TPSA) is 234 Å². The molecule has 0 spiro atoms. The quantitative estimate of drug-likeness (QED) is 0.194. The summed E-state index contributed by atoms with van der Waals surface area (Å²) in [6.45, 7) is 5.86. The third kappa shape index (κ3) is 8.05. The summed E-state index contributed by atoms with van der Waals surface area (Å²) in [6.07, 6.45) is -3.36. The first-order chi connectivity index (χ1) is 20.2. The maximum atomic E-state index is 13.0.